The van der Waals surface area contributed by atoms with Gasteiger partial charge in [-0.3, -0.25) is 0 Å². The molecule has 0 aliphatic carbocycles. The van der Waals surface area contributed by atoms with Gasteiger partial charge in [-0.2, -0.15) is 0 Å². The van der Waals surface area contributed by atoms with Gasteiger partial charge in [-0.05, 0) is 13.8 Å². The van der Waals surface area contributed by atoms with E-state index in [0.29, 0.717) is 5.82 Å². The van der Waals surface area contributed by atoms with Crippen molar-refractivity contribution in [1.82, 2.24) is 9.97 Å². The Morgan fingerprint density at radius 3 is 2.24 bits per heavy atom. The first-order chi connectivity index (χ1) is 7.82. The van der Waals surface area contributed by atoms with Gasteiger partial charge >= 0.3 is 0 Å². The molecule has 0 aromatic carbocycles. The molecular formula is C12H21N3OS. The lowest BCUT2D eigenvalue weighted by molar-refractivity contribution is 0.196. The van der Waals surface area contributed by atoms with Crippen molar-refractivity contribution in [1.29, 1.82) is 0 Å². The zero-order valence-electron chi connectivity index (χ0n) is 11.1. The molecule has 0 bridgehead atoms. The van der Waals surface area contributed by atoms with Gasteiger partial charge in [-0.15, -0.1) is 11.8 Å². The number of hydrogen-bond acceptors (Lipinski definition) is 5. The Balaban J connectivity index is 3.05. The van der Waals surface area contributed by atoms with Crippen LogP contribution in [0.1, 0.15) is 45.0 Å². The number of aliphatic hydroxyl groups excluding tert-OH is 1. The summed E-state index contributed by atoms with van der Waals surface area (Å²) in [5.41, 5.74) is 6.78. The van der Waals surface area contributed by atoms with Crippen LogP contribution < -0.4 is 5.73 Å². The Bertz CT molecular complexity index is 394. The number of aliphatic hydroxyl groups is 1. The number of thioether (sulfide) groups is 1. The standard InChI is InChI=1S/C12H21N3OS/c1-6(2)11-14-10(13)7(3)12(15-11)17-9(5)8(4)16/h6,8-9,16H,1-5H3,(H2,13,14,15). The van der Waals surface area contributed by atoms with E-state index in [-0.39, 0.29) is 17.3 Å². The topological polar surface area (TPSA) is 72.0 Å². The van der Waals surface area contributed by atoms with Crippen LogP contribution in [0, 0.1) is 6.92 Å². The number of nitrogens with two attached hydrogens (primary N) is 1. The number of hydrogen-bond donors (Lipinski definition) is 2. The van der Waals surface area contributed by atoms with Crippen molar-refractivity contribution in [2.75, 3.05) is 5.73 Å². The van der Waals surface area contributed by atoms with E-state index in [2.05, 4.69) is 9.97 Å². The average molecular weight is 255 g/mol. The van der Waals surface area contributed by atoms with Gasteiger partial charge in [0.2, 0.25) is 0 Å². The van der Waals surface area contributed by atoms with E-state index in [1.54, 1.807) is 18.7 Å². The van der Waals surface area contributed by atoms with Crippen molar-refractivity contribution in [2.45, 2.75) is 56.9 Å². The summed E-state index contributed by atoms with van der Waals surface area (Å²) in [4.78, 5) is 8.79. The first kappa shape index (κ1) is 14.3. The molecule has 3 N–H and O–H groups in total. The molecule has 96 valence electrons. The molecule has 0 amide bonds. The van der Waals surface area contributed by atoms with Gasteiger partial charge < -0.3 is 10.8 Å². The van der Waals surface area contributed by atoms with Gasteiger partial charge in [0.05, 0.1) is 6.10 Å². The Labute approximate surface area is 107 Å². The number of aromatic nitrogens is 2. The van der Waals surface area contributed by atoms with Crippen LogP contribution in [0.2, 0.25) is 0 Å². The fraction of sp³-hybridized carbons (Fsp3) is 0.667. The summed E-state index contributed by atoms with van der Waals surface area (Å²) in [5, 5.41) is 10.5. The molecule has 1 aromatic rings. The van der Waals surface area contributed by atoms with Crippen LogP contribution in [0.5, 0.6) is 0 Å². The largest absolute Gasteiger partial charge is 0.392 e. The molecule has 0 spiro atoms. The van der Waals surface area contributed by atoms with Crippen LogP contribution in [0.15, 0.2) is 5.03 Å². The smallest absolute Gasteiger partial charge is 0.134 e. The maximum atomic E-state index is 9.53. The number of nitrogens with zero attached hydrogens (tertiary/aromatic N) is 2. The summed E-state index contributed by atoms with van der Waals surface area (Å²) in [6.45, 7) is 9.74. The van der Waals surface area contributed by atoms with Gasteiger partial charge in [0, 0.05) is 16.7 Å². The Morgan fingerprint density at radius 2 is 1.76 bits per heavy atom. The average Bonchev–Trinajstić information content (AvgIpc) is 2.23. The van der Waals surface area contributed by atoms with Crippen molar-refractivity contribution in [3.8, 4) is 0 Å². The Morgan fingerprint density at radius 1 is 1.18 bits per heavy atom. The molecule has 2 unspecified atom stereocenters. The van der Waals surface area contributed by atoms with Crippen LogP contribution in [0.3, 0.4) is 0 Å². The molecule has 5 heteroatoms. The molecule has 1 rings (SSSR count). The molecule has 0 saturated heterocycles. The molecule has 0 aliphatic heterocycles. The highest BCUT2D eigenvalue weighted by Gasteiger charge is 2.16. The van der Waals surface area contributed by atoms with Crippen LogP contribution in [0.4, 0.5) is 5.82 Å². The summed E-state index contributed by atoms with van der Waals surface area (Å²) in [7, 11) is 0. The SMILES string of the molecule is Cc1c(N)nc(C(C)C)nc1SC(C)C(C)O. The molecule has 0 aliphatic rings. The predicted molar refractivity (Wildman–Crippen MR) is 72.3 cm³/mol. The molecule has 2 atom stereocenters. The van der Waals surface area contributed by atoms with Gasteiger partial charge in [0.25, 0.3) is 0 Å². The monoisotopic (exact) mass is 255 g/mol. The van der Waals surface area contributed by atoms with Crippen LogP contribution in [-0.2, 0) is 0 Å². The lowest BCUT2D eigenvalue weighted by atomic mass is 10.2. The highest BCUT2D eigenvalue weighted by molar-refractivity contribution is 7.99. The maximum Gasteiger partial charge on any atom is 0.134 e. The van der Waals surface area contributed by atoms with E-state index in [1.165, 1.54) is 0 Å². The summed E-state index contributed by atoms with van der Waals surface area (Å²) in [6, 6.07) is 0. The maximum absolute atomic E-state index is 9.53. The highest BCUT2D eigenvalue weighted by Crippen LogP contribution is 2.29. The third kappa shape index (κ3) is 3.57. The molecule has 0 fully saturated rings. The second kappa shape index (κ2) is 5.69. The lowest BCUT2D eigenvalue weighted by Crippen LogP contribution is -2.16. The second-order valence-electron chi connectivity index (χ2n) is 4.62. The van der Waals surface area contributed by atoms with Gasteiger partial charge in [-0.25, -0.2) is 9.97 Å². The molecular weight excluding hydrogens is 234 g/mol. The zero-order valence-corrected chi connectivity index (χ0v) is 11.9. The molecule has 0 saturated carbocycles. The van der Waals surface area contributed by atoms with Crippen LogP contribution >= 0.6 is 11.8 Å². The Kier molecular flexibility index (Phi) is 4.77. The minimum absolute atomic E-state index is 0.0861. The lowest BCUT2D eigenvalue weighted by Gasteiger charge is -2.16. The summed E-state index contributed by atoms with van der Waals surface area (Å²) in [5.74, 6) is 1.54. The molecule has 0 radical (unpaired) electrons. The normalized spacial score (nSPS) is 15.0. The minimum Gasteiger partial charge on any atom is -0.392 e. The van der Waals surface area contributed by atoms with Crippen molar-refractivity contribution < 1.29 is 5.11 Å². The van der Waals surface area contributed by atoms with E-state index >= 15 is 0 Å². The fourth-order valence-corrected chi connectivity index (χ4v) is 2.15. The third-order valence-electron chi connectivity index (χ3n) is 2.65. The van der Waals surface area contributed by atoms with Crippen LogP contribution in [-0.4, -0.2) is 26.4 Å². The molecule has 17 heavy (non-hydrogen) atoms. The first-order valence-electron chi connectivity index (χ1n) is 5.81. The number of anilines is 1. The Hall–Kier alpha value is -0.810. The van der Waals surface area contributed by atoms with Crippen molar-refractivity contribution >= 4 is 17.6 Å². The first-order valence-corrected chi connectivity index (χ1v) is 6.69. The fourth-order valence-electron chi connectivity index (χ4n) is 1.18. The molecule has 1 aromatic heterocycles. The molecule has 4 nitrogen and oxygen atoms in total. The van der Waals surface area contributed by atoms with Gasteiger partial charge in [0.15, 0.2) is 0 Å². The number of rotatable bonds is 4. The van der Waals surface area contributed by atoms with Crippen molar-refractivity contribution in [2.24, 2.45) is 0 Å². The summed E-state index contributed by atoms with van der Waals surface area (Å²) >= 11 is 1.54. The van der Waals surface area contributed by atoms with Gasteiger partial charge in [0.1, 0.15) is 16.7 Å². The third-order valence-corrected chi connectivity index (χ3v) is 4.04. The van der Waals surface area contributed by atoms with Gasteiger partial charge in [-0.1, -0.05) is 20.8 Å². The summed E-state index contributed by atoms with van der Waals surface area (Å²) in [6.07, 6.45) is -0.377. The zero-order chi connectivity index (χ0) is 13.2. The van der Waals surface area contributed by atoms with E-state index in [0.717, 1.165) is 16.4 Å². The molecule has 1 heterocycles. The second-order valence-corrected chi connectivity index (χ2v) is 5.98. The van der Waals surface area contributed by atoms with E-state index in [9.17, 15) is 5.11 Å². The van der Waals surface area contributed by atoms with Crippen LogP contribution in [0.25, 0.3) is 0 Å². The minimum atomic E-state index is -0.377. The highest BCUT2D eigenvalue weighted by atomic mass is 32.2. The predicted octanol–water partition coefficient (Wildman–Crippen LogP) is 2.35. The van der Waals surface area contributed by atoms with Crippen molar-refractivity contribution in [3.63, 3.8) is 0 Å². The van der Waals surface area contributed by atoms with E-state index < -0.39 is 0 Å². The van der Waals surface area contributed by atoms with E-state index in [1.807, 2.05) is 27.7 Å². The van der Waals surface area contributed by atoms with Crippen molar-refractivity contribution in [3.05, 3.63) is 11.4 Å². The summed E-state index contributed by atoms with van der Waals surface area (Å²) < 4.78 is 0. The quantitative estimate of drug-likeness (QED) is 0.638. The number of nitrogen functional groups attached to an aromatic ring is 1. The van der Waals surface area contributed by atoms with E-state index in [4.69, 9.17) is 5.73 Å².